The Morgan fingerprint density at radius 2 is 2.00 bits per heavy atom. The molecular weight excluding hydrogens is 112 g/mol. The highest BCUT2D eigenvalue weighted by Crippen LogP contribution is 2.03. The van der Waals surface area contributed by atoms with E-state index < -0.39 is 0 Å². The molecule has 0 bridgehead atoms. The maximum absolute atomic E-state index is 5.76. The van der Waals surface area contributed by atoms with Crippen LogP contribution >= 0.6 is 0 Å². The molecule has 1 aliphatic rings. The Hall–Kier alpha value is -0.0800. The van der Waals surface area contributed by atoms with Gasteiger partial charge in [-0.3, -0.25) is 0 Å². The zero-order valence-electron chi connectivity index (χ0n) is 5.90. The fourth-order valence-electron chi connectivity index (χ4n) is 1.21. The summed E-state index contributed by atoms with van der Waals surface area (Å²) in [6, 6.07) is 0.456. The summed E-state index contributed by atoms with van der Waals surface area (Å²) >= 11 is 0. The third kappa shape index (κ3) is 2.82. The van der Waals surface area contributed by atoms with E-state index in [4.69, 9.17) is 5.73 Å². The Labute approximate surface area is 56.8 Å². The molecule has 0 amide bonds. The molecule has 54 valence electrons. The number of hydrogen-bond donors (Lipinski definition) is 2. The average Bonchev–Trinajstić information content (AvgIpc) is 1.79. The Balaban J connectivity index is 2.12. The van der Waals surface area contributed by atoms with E-state index in [1.54, 1.807) is 0 Å². The molecule has 1 rings (SSSR count). The predicted molar refractivity (Wildman–Crippen MR) is 39.3 cm³/mol. The van der Waals surface area contributed by atoms with Crippen molar-refractivity contribution >= 4 is 0 Å². The van der Waals surface area contributed by atoms with Crippen molar-refractivity contribution in [2.75, 3.05) is 13.1 Å². The van der Waals surface area contributed by atoms with E-state index in [0.717, 1.165) is 13.0 Å². The van der Waals surface area contributed by atoms with E-state index in [0.29, 0.717) is 6.04 Å². The number of hydrogen-bond acceptors (Lipinski definition) is 2. The molecule has 3 N–H and O–H groups in total. The summed E-state index contributed by atoms with van der Waals surface area (Å²) in [6.45, 7) is 2.30. The second kappa shape index (κ2) is 3.85. The first-order valence-corrected chi connectivity index (χ1v) is 3.86. The maximum Gasteiger partial charge on any atom is 0.00509 e. The van der Waals surface area contributed by atoms with Crippen molar-refractivity contribution in [2.45, 2.75) is 31.7 Å². The number of rotatable bonds is 0. The van der Waals surface area contributed by atoms with E-state index in [-0.39, 0.29) is 0 Å². The lowest BCUT2D eigenvalue weighted by Gasteiger charge is -2.15. The fraction of sp³-hybridized carbons (Fsp3) is 1.00. The van der Waals surface area contributed by atoms with Gasteiger partial charge in [-0.15, -0.1) is 0 Å². The molecule has 0 aromatic heterocycles. The Kier molecular flexibility index (Phi) is 3.01. The first kappa shape index (κ1) is 7.03. The van der Waals surface area contributed by atoms with Gasteiger partial charge in [-0.1, -0.05) is 6.42 Å². The molecule has 0 aliphatic carbocycles. The summed E-state index contributed by atoms with van der Waals surface area (Å²) in [7, 11) is 0. The quantitative estimate of drug-likeness (QED) is 0.498. The molecule has 0 spiro atoms. The number of nitrogens with one attached hydrogen (secondary N) is 1. The predicted octanol–water partition coefficient (Wildman–Crippen LogP) is 0.477. The van der Waals surface area contributed by atoms with Crippen molar-refractivity contribution < 1.29 is 0 Å². The second-order valence-electron chi connectivity index (χ2n) is 2.79. The van der Waals surface area contributed by atoms with Crippen molar-refractivity contribution in [3.05, 3.63) is 0 Å². The highest BCUT2D eigenvalue weighted by atomic mass is 14.9. The van der Waals surface area contributed by atoms with Crippen LogP contribution in [0.2, 0.25) is 0 Å². The smallest absolute Gasteiger partial charge is 0.00509 e. The third-order valence-corrected chi connectivity index (χ3v) is 1.87. The normalized spacial score (nSPS) is 31.0. The molecule has 1 heterocycles. The van der Waals surface area contributed by atoms with Crippen LogP contribution in [-0.2, 0) is 0 Å². The maximum atomic E-state index is 5.76. The van der Waals surface area contributed by atoms with Crippen LogP contribution in [0.3, 0.4) is 0 Å². The third-order valence-electron chi connectivity index (χ3n) is 1.87. The van der Waals surface area contributed by atoms with E-state index in [1.165, 1.54) is 25.8 Å². The minimum Gasteiger partial charge on any atom is -0.328 e. The molecule has 0 aromatic rings. The van der Waals surface area contributed by atoms with Crippen molar-refractivity contribution in [3.8, 4) is 0 Å². The molecule has 0 saturated carbocycles. The molecule has 1 atom stereocenters. The van der Waals surface area contributed by atoms with E-state index in [1.807, 2.05) is 0 Å². The molecule has 1 saturated heterocycles. The first-order chi connectivity index (χ1) is 4.39. The van der Waals surface area contributed by atoms with E-state index in [2.05, 4.69) is 5.32 Å². The van der Waals surface area contributed by atoms with Crippen molar-refractivity contribution in [1.82, 2.24) is 5.32 Å². The summed E-state index contributed by atoms with van der Waals surface area (Å²) in [5.41, 5.74) is 5.76. The van der Waals surface area contributed by atoms with Gasteiger partial charge in [-0.25, -0.2) is 0 Å². The van der Waals surface area contributed by atoms with Crippen molar-refractivity contribution in [3.63, 3.8) is 0 Å². The Morgan fingerprint density at radius 3 is 2.89 bits per heavy atom. The monoisotopic (exact) mass is 128 g/mol. The van der Waals surface area contributed by atoms with Gasteiger partial charge in [0.2, 0.25) is 0 Å². The zero-order chi connectivity index (χ0) is 6.53. The summed E-state index contributed by atoms with van der Waals surface area (Å²) in [5, 5.41) is 3.34. The number of nitrogens with two attached hydrogens (primary N) is 1. The largest absolute Gasteiger partial charge is 0.328 e. The second-order valence-corrected chi connectivity index (χ2v) is 2.79. The van der Waals surface area contributed by atoms with Crippen LogP contribution in [0.4, 0.5) is 0 Å². The van der Waals surface area contributed by atoms with Gasteiger partial charge in [0.05, 0.1) is 0 Å². The van der Waals surface area contributed by atoms with Crippen LogP contribution < -0.4 is 11.1 Å². The standard InChI is InChI=1S/C7H16N2/c8-7-3-1-2-5-9-6-4-7/h7,9H,1-6,8H2/t7-/m0/s1. The van der Waals surface area contributed by atoms with Gasteiger partial charge in [0.1, 0.15) is 0 Å². The SMILES string of the molecule is N[C@H]1CCCCNCC1. The lowest BCUT2D eigenvalue weighted by atomic mass is 10.1. The molecule has 1 aliphatic heterocycles. The van der Waals surface area contributed by atoms with Gasteiger partial charge in [0.15, 0.2) is 0 Å². The van der Waals surface area contributed by atoms with Gasteiger partial charge in [-0.2, -0.15) is 0 Å². The summed E-state index contributed by atoms with van der Waals surface area (Å²) in [6.07, 6.45) is 4.98. The topological polar surface area (TPSA) is 38.0 Å². The molecular formula is C7H16N2. The Bertz CT molecular complexity index is 65.3. The first-order valence-electron chi connectivity index (χ1n) is 3.86. The van der Waals surface area contributed by atoms with E-state index in [9.17, 15) is 0 Å². The van der Waals surface area contributed by atoms with Crippen LogP contribution in [0.5, 0.6) is 0 Å². The van der Waals surface area contributed by atoms with Crippen LogP contribution in [-0.4, -0.2) is 19.1 Å². The summed E-state index contributed by atoms with van der Waals surface area (Å²) in [4.78, 5) is 0. The van der Waals surface area contributed by atoms with Crippen LogP contribution in [0.25, 0.3) is 0 Å². The fourth-order valence-corrected chi connectivity index (χ4v) is 1.21. The zero-order valence-corrected chi connectivity index (χ0v) is 5.90. The van der Waals surface area contributed by atoms with Crippen molar-refractivity contribution in [1.29, 1.82) is 0 Å². The van der Waals surface area contributed by atoms with Crippen LogP contribution in [0.1, 0.15) is 25.7 Å². The molecule has 0 unspecified atom stereocenters. The van der Waals surface area contributed by atoms with Gasteiger partial charge >= 0.3 is 0 Å². The van der Waals surface area contributed by atoms with Gasteiger partial charge in [-0.05, 0) is 32.4 Å². The van der Waals surface area contributed by atoms with Crippen LogP contribution in [0, 0.1) is 0 Å². The summed E-state index contributed by atoms with van der Waals surface area (Å²) in [5.74, 6) is 0. The molecule has 2 heteroatoms. The van der Waals surface area contributed by atoms with Crippen LogP contribution in [0.15, 0.2) is 0 Å². The van der Waals surface area contributed by atoms with Gasteiger partial charge < -0.3 is 11.1 Å². The highest BCUT2D eigenvalue weighted by molar-refractivity contribution is 4.66. The minimum atomic E-state index is 0.456. The average molecular weight is 128 g/mol. The molecule has 0 aromatic carbocycles. The lowest BCUT2D eigenvalue weighted by Crippen LogP contribution is -2.29. The molecule has 9 heavy (non-hydrogen) atoms. The molecule has 2 nitrogen and oxygen atoms in total. The lowest BCUT2D eigenvalue weighted by molar-refractivity contribution is 0.465. The summed E-state index contributed by atoms with van der Waals surface area (Å²) < 4.78 is 0. The highest BCUT2D eigenvalue weighted by Gasteiger charge is 2.03. The Morgan fingerprint density at radius 1 is 1.11 bits per heavy atom. The molecule has 1 fully saturated rings. The minimum absolute atomic E-state index is 0.456. The van der Waals surface area contributed by atoms with Gasteiger partial charge in [0.25, 0.3) is 0 Å². The van der Waals surface area contributed by atoms with Gasteiger partial charge in [0, 0.05) is 6.04 Å². The van der Waals surface area contributed by atoms with E-state index >= 15 is 0 Å². The molecule has 0 radical (unpaired) electrons. The van der Waals surface area contributed by atoms with Crippen molar-refractivity contribution in [2.24, 2.45) is 5.73 Å².